The van der Waals surface area contributed by atoms with Crippen molar-refractivity contribution in [2.24, 2.45) is 4.99 Å². The van der Waals surface area contributed by atoms with Gasteiger partial charge in [-0.3, -0.25) is 9.98 Å². The van der Waals surface area contributed by atoms with Crippen molar-refractivity contribution in [2.75, 3.05) is 13.6 Å². The number of hydrogen-bond acceptors (Lipinski definition) is 2. The van der Waals surface area contributed by atoms with Crippen molar-refractivity contribution >= 4 is 16.9 Å². The predicted octanol–water partition coefficient (Wildman–Crippen LogP) is 3.45. The van der Waals surface area contributed by atoms with Crippen LogP contribution >= 0.6 is 0 Å². The average Bonchev–Trinajstić information content (AvgIpc) is 2.64. The lowest BCUT2D eigenvalue weighted by Gasteiger charge is -2.13. The van der Waals surface area contributed by atoms with Gasteiger partial charge in [0.05, 0.1) is 5.52 Å². The van der Waals surface area contributed by atoms with Crippen LogP contribution in [-0.2, 0) is 13.0 Å². The van der Waals surface area contributed by atoms with Gasteiger partial charge in [0.1, 0.15) is 0 Å². The van der Waals surface area contributed by atoms with Gasteiger partial charge in [-0.2, -0.15) is 0 Å². The molecule has 0 saturated heterocycles. The first-order valence-electron chi connectivity index (χ1n) is 8.59. The maximum atomic E-state index is 4.51. The molecule has 0 saturated carbocycles. The first kappa shape index (κ1) is 17.0. The topological polar surface area (TPSA) is 49.3 Å². The van der Waals surface area contributed by atoms with Crippen molar-refractivity contribution < 1.29 is 0 Å². The van der Waals surface area contributed by atoms with Gasteiger partial charge in [-0.25, -0.2) is 0 Å². The molecule has 0 unspecified atom stereocenters. The maximum absolute atomic E-state index is 4.51. The minimum Gasteiger partial charge on any atom is -0.356 e. The molecule has 0 aliphatic carbocycles. The normalized spacial score (nSPS) is 11.5. The molecule has 0 spiro atoms. The number of nitrogens with one attached hydrogen (secondary N) is 2. The fourth-order valence-electron chi connectivity index (χ4n) is 2.91. The van der Waals surface area contributed by atoms with E-state index in [1.807, 2.05) is 12.3 Å². The smallest absolute Gasteiger partial charge is 0.191 e. The van der Waals surface area contributed by atoms with Crippen molar-refractivity contribution in [3.63, 3.8) is 0 Å². The Morgan fingerprint density at radius 3 is 2.72 bits per heavy atom. The van der Waals surface area contributed by atoms with E-state index in [0.29, 0.717) is 0 Å². The van der Waals surface area contributed by atoms with Crippen molar-refractivity contribution in [3.05, 3.63) is 77.5 Å². The summed E-state index contributed by atoms with van der Waals surface area (Å²) in [5.41, 5.74) is 4.85. The lowest BCUT2D eigenvalue weighted by Crippen LogP contribution is -2.37. The van der Waals surface area contributed by atoms with Crippen LogP contribution in [0, 0.1) is 6.92 Å². The first-order chi connectivity index (χ1) is 12.3. The monoisotopic (exact) mass is 332 g/mol. The summed E-state index contributed by atoms with van der Waals surface area (Å²) < 4.78 is 0. The molecule has 3 aromatic rings. The fourth-order valence-corrected chi connectivity index (χ4v) is 2.91. The molecule has 4 heteroatoms. The molecular weight excluding hydrogens is 308 g/mol. The predicted molar refractivity (Wildman–Crippen MR) is 105 cm³/mol. The van der Waals surface area contributed by atoms with Crippen molar-refractivity contribution in [1.29, 1.82) is 0 Å². The van der Waals surface area contributed by atoms with Crippen LogP contribution < -0.4 is 10.6 Å². The fraction of sp³-hybridized carbons (Fsp3) is 0.238. The highest BCUT2D eigenvalue weighted by atomic mass is 15.2. The van der Waals surface area contributed by atoms with Crippen LogP contribution in [0.3, 0.4) is 0 Å². The Hall–Kier alpha value is -2.88. The zero-order chi connectivity index (χ0) is 17.5. The van der Waals surface area contributed by atoms with Gasteiger partial charge in [0, 0.05) is 31.7 Å². The van der Waals surface area contributed by atoms with E-state index < -0.39 is 0 Å². The molecule has 0 amide bonds. The molecule has 25 heavy (non-hydrogen) atoms. The molecule has 2 aromatic carbocycles. The molecule has 3 rings (SSSR count). The molecule has 0 aliphatic rings. The molecule has 0 bridgehead atoms. The van der Waals surface area contributed by atoms with Gasteiger partial charge in [0.25, 0.3) is 0 Å². The Labute approximate surface area is 149 Å². The minimum absolute atomic E-state index is 0.761. The van der Waals surface area contributed by atoms with Gasteiger partial charge >= 0.3 is 0 Å². The standard InChI is InChI=1S/C21H24N4/c1-16-6-3-7-17(14-16)15-25-21(22-2)24-13-11-19-9-4-8-18-10-5-12-23-20(18)19/h3-10,12,14H,11,13,15H2,1-2H3,(H2,22,24,25). The second-order valence-electron chi connectivity index (χ2n) is 6.08. The van der Waals surface area contributed by atoms with Gasteiger partial charge in [-0.1, -0.05) is 54.1 Å². The number of fused-ring (bicyclic) bond motifs is 1. The number of pyridine rings is 1. The van der Waals surface area contributed by atoms with Gasteiger partial charge in [0.2, 0.25) is 0 Å². The molecule has 4 nitrogen and oxygen atoms in total. The summed E-state index contributed by atoms with van der Waals surface area (Å²) >= 11 is 0. The molecule has 0 radical (unpaired) electrons. The van der Waals surface area contributed by atoms with Crippen LogP contribution in [0.1, 0.15) is 16.7 Å². The highest BCUT2D eigenvalue weighted by molar-refractivity contribution is 5.82. The zero-order valence-corrected chi connectivity index (χ0v) is 14.8. The Balaban J connectivity index is 1.54. The second-order valence-corrected chi connectivity index (χ2v) is 6.08. The van der Waals surface area contributed by atoms with Crippen LogP contribution in [0.25, 0.3) is 10.9 Å². The summed E-state index contributed by atoms with van der Waals surface area (Å²) in [7, 11) is 1.80. The van der Waals surface area contributed by atoms with E-state index in [4.69, 9.17) is 0 Å². The molecule has 2 N–H and O–H groups in total. The van der Waals surface area contributed by atoms with Crippen LogP contribution in [0.15, 0.2) is 65.8 Å². The molecule has 0 aliphatic heterocycles. The van der Waals surface area contributed by atoms with Crippen LogP contribution in [-0.4, -0.2) is 24.5 Å². The molecule has 128 valence electrons. The number of nitrogens with zero attached hydrogens (tertiary/aromatic N) is 2. The van der Waals surface area contributed by atoms with E-state index >= 15 is 0 Å². The number of rotatable bonds is 5. The number of aliphatic imine (C=N–C) groups is 1. The lowest BCUT2D eigenvalue weighted by atomic mass is 10.1. The van der Waals surface area contributed by atoms with Gasteiger partial charge in [0.15, 0.2) is 5.96 Å². The summed E-state index contributed by atoms with van der Waals surface area (Å²) in [5.74, 6) is 0.815. The first-order valence-corrected chi connectivity index (χ1v) is 8.59. The highest BCUT2D eigenvalue weighted by Crippen LogP contribution is 2.15. The maximum Gasteiger partial charge on any atom is 0.191 e. The van der Waals surface area contributed by atoms with E-state index in [1.54, 1.807) is 7.05 Å². The third kappa shape index (κ3) is 4.57. The van der Waals surface area contributed by atoms with E-state index in [-0.39, 0.29) is 0 Å². The Bertz CT molecular complexity index is 865. The van der Waals surface area contributed by atoms with Gasteiger partial charge in [-0.05, 0) is 30.5 Å². The van der Waals surface area contributed by atoms with E-state index in [1.165, 1.54) is 22.1 Å². The van der Waals surface area contributed by atoms with E-state index in [9.17, 15) is 0 Å². The van der Waals surface area contributed by atoms with Crippen molar-refractivity contribution in [1.82, 2.24) is 15.6 Å². The molecule has 0 fully saturated rings. The summed E-state index contributed by atoms with van der Waals surface area (Å²) in [6.07, 6.45) is 2.75. The number of guanidine groups is 1. The highest BCUT2D eigenvalue weighted by Gasteiger charge is 2.03. The molecule has 1 heterocycles. The van der Waals surface area contributed by atoms with Crippen LogP contribution in [0.5, 0.6) is 0 Å². The van der Waals surface area contributed by atoms with Gasteiger partial charge < -0.3 is 10.6 Å². The average molecular weight is 332 g/mol. The number of hydrogen-bond donors (Lipinski definition) is 2. The quantitative estimate of drug-likeness (QED) is 0.556. The number of benzene rings is 2. The summed E-state index contributed by atoms with van der Waals surface area (Å²) in [5, 5.41) is 7.92. The largest absolute Gasteiger partial charge is 0.356 e. The van der Waals surface area contributed by atoms with Crippen molar-refractivity contribution in [3.8, 4) is 0 Å². The molecule has 0 atom stereocenters. The summed E-state index contributed by atoms with van der Waals surface area (Å²) in [6, 6.07) is 18.9. The van der Waals surface area contributed by atoms with E-state index in [2.05, 4.69) is 76.1 Å². The third-order valence-corrected chi connectivity index (χ3v) is 4.17. The Kier molecular flexibility index (Phi) is 5.62. The van der Waals surface area contributed by atoms with Crippen LogP contribution in [0.4, 0.5) is 0 Å². The number of aromatic nitrogens is 1. The van der Waals surface area contributed by atoms with Crippen LogP contribution in [0.2, 0.25) is 0 Å². The lowest BCUT2D eigenvalue weighted by molar-refractivity contribution is 0.795. The van der Waals surface area contributed by atoms with Crippen molar-refractivity contribution in [2.45, 2.75) is 19.9 Å². The van der Waals surface area contributed by atoms with Gasteiger partial charge in [-0.15, -0.1) is 0 Å². The second kappa shape index (κ2) is 8.29. The molecular formula is C21H24N4. The number of para-hydroxylation sites is 1. The SMILES string of the molecule is CN=C(NCCc1cccc2cccnc12)NCc1cccc(C)c1. The zero-order valence-electron chi connectivity index (χ0n) is 14.8. The Morgan fingerprint density at radius 2 is 1.88 bits per heavy atom. The minimum atomic E-state index is 0.761. The third-order valence-electron chi connectivity index (χ3n) is 4.17. The molecule has 1 aromatic heterocycles. The summed E-state index contributed by atoms with van der Waals surface area (Å²) in [4.78, 5) is 8.81. The number of aryl methyl sites for hydroxylation is 1. The Morgan fingerprint density at radius 1 is 1.04 bits per heavy atom. The van der Waals surface area contributed by atoms with E-state index in [0.717, 1.165) is 31.0 Å². The summed E-state index contributed by atoms with van der Waals surface area (Å²) in [6.45, 7) is 3.68.